The Hall–Kier alpha value is -1.30. The van der Waals surface area contributed by atoms with E-state index in [0.717, 1.165) is 0 Å². The topological polar surface area (TPSA) is 84.9 Å². The molecule has 0 aliphatic carbocycles. The van der Waals surface area contributed by atoms with E-state index in [4.69, 9.17) is 15.2 Å². The fourth-order valence-corrected chi connectivity index (χ4v) is 1.66. The van der Waals surface area contributed by atoms with Crippen LogP contribution >= 0.6 is 0 Å². The van der Waals surface area contributed by atoms with Crippen LogP contribution in [0.2, 0.25) is 0 Å². The van der Waals surface area contributed by atoms with Crippen LogP contribution in [-0.4, -0.2) is 37.1 Å². The number of aliphatic hydroxyl groups is 2. The molecule has 4 N–H and O–H groups in total. The number of ether oxygens (including phenoxy) is 2. The molecule has 17 heavy (non-hydrogen) atoms. The number of hydrogen-bond donors (Lipinski definition) is 3. The van der Waals surface area contributed by atoms with Crippen LogP contribution in [0.1, 0.15) is 18.1 Å². The zero-order chi connectivity index (χ0) is 12.8. The highest BCUT2D eigenvalue weighted by Gasteiger charge is 2.19. The Kier molecular flexibility index (Phi) is 5.21. The van der Waals surface area contributed by atoms with Crippen molar-refractivity contribution < 1.29 is 19.7 Å². The molecule has 1 aromatic rings. The summed E-state index contributed by atoms with van der Waals surface area (Å²) in [5.74, 6) is 1.03. The highest BCUT2D eigenvalue weighted by atomic mass is 16.5. The van der Waals surface area contributed by atoms with Gasteiger partial charge in [-0.05, 0) is 6.07 Å². The number of hydrogen-bond acceptors (Lipinski definition) is 5. The maximum absolute atomic E-state index is 10.0. The maximum Gasteiger partial charge on any atom is 0.166 e. The van der Waals surface area contributed by atoms with Crippen molar-refractivity contribution in [2.45, 2.75) is 18.6 Å². The van der Waals surface area contributed by atoms with Crippen molar-refractivity contribution in [1.29, 1.82) is 0 Å². The number of para-hydroxylation sites is 1. The first-order chi connectivity index (χ1) is 8.13. The van der Waals surface area contributed by atoms with Gasteiger partial charge in [-0.2, -0.15) is 0 Å². The lowest BCUT2D eigenvalue weighted by molar-refractivity contribution is 0.0833. The molecule has 1 rings (SSSR count). The van der Waals surface area contributed by atoms with E-state index >= 15 is 0 Å². The number of benzene rings is 1. The second-order valence-corrected chi connectivity index (χ2v) is 3.72. The van der Waals surface area contributed by atoms with Gasteiger partial charge < -0.3 is 25.4 Å². The van der Waals surface area contributed by atoms with E-state index in [9.17, 15) is 10.2 Å². The van der Waals surface area contributed by atoms with Crippen molar-refractivity contribution in [1.82, 2.24) is 0 Å². The molecule has 5 nitrogen and oxygen atoms in total. The van der Waals surface area contributed by atoms with Crippen molar-refractivity contribution in [3.05, 3.63) is 23.8 Å². The molecule has 0 heterocycles. The summed E-state index contributed by atoms with van der Waals surface area (Å²) in [6, 6.07) is 5.23. The molecule has 2 atom stereocenters. The Labute approximate surface area is 101 Å². The van der Waals surface area contributed by atoms with E-state index in [-0.39, 0.29) is 13.0 Å². The molecule has 0 bridgehead atoms. The minimum atomic E-state index is -0.835. The number of aliphatic hydroxyl groups excluding tert-OH is 2. The Bertz CT molecular complexity index is 356. The average Bonchev–Trinajstić information content (AvgIpc) is 2.37. The largest absolute Gasteiger partial charge is 0.493 e. The van der Waals surface area contributed by atoms with E-state index in [1.807, 2.05) is 0 Å². The van der Waals surface area contributed by atoms with Gasteiger partial charge in [0.2, 0.25) is 0 Å². The minimum absolute atomic E-state index is 0.114. The van der Waals surface area contributed by atoms with Gasteiger partial charge in [-0.3, -0.25) is 0 Å². The predicted molar refractivity (Wildman–Crippen MR) is 64.2 cm³/mol. The van der Waals surface area contributed by atoms with Gasteiger partial charge in [0.15, 0.2) is 11.5 Å². The summed E-state index contributed by atoms with van der Waals surface area (Å²) in [6.07, 6.45) is -1.40. The molecule has 0 aromatic heterocycles. The highest BCUT2D eigenvalue weighted by molar-refractivity contribution is 5.47. The number of rotatable bonds is 6. The summed E-state index contributed by atoms with van der Waals surface area (Å²) in [7, 11) is 3.04. The van der Waals surface area contributed by atoms with E-state index in [1.54, 1.807) is 18.2 Å². The lowest BCUT2D eigenvalue weighted by atomic mass is 10.0. The van der Waals surface area contributed by atoms with Crippen LogP contribution < -0.4 is 15.2 Å². The fraction of sp³-hybridized carbons (Fsp3) is 0.500. The second kappa shape index (κ2) is 6.44. The van der Waals surface area contributed by atoms with Crippen molar-refractivity contribution in [3.8, 4) is 11.5 Å². The number of methoxy groups -OCH3 is 2. The Morgan fingerprint density at radius 2 is 1.94 bits per heavy atom. The molecule has 0 saturated heterocycles. The van der Waals surface area contributed by atoms with Gasteiger partial charge in [0.05, 0.1) is 26.4 Å². The van der Waals surface area contributed by atoms with Crippen LogP contribution in [0.3, 0.4) is 0 Å². The summed E-state index contributed by atoms with van der Waals surface area (Å²) in [6.45, 7) is 0.114. The molecule has 1 aromatic carbocycles. The molecule has 0 saturated carbocycles. The van der Waals surface area contributed by atoms with E-state index in [1.165, 1.54) is 14.2 Å². The lowest BCUT2D eigenvalue weighted by Gasteiger charge is -2.18. The molecular formula is C12H19NO4. The van der Waals surface area contributed by atoms with Gasteiger partial charge in [-0.25, -0.2) is 0 Å². The van der Waals surface area contributed by atoms with Gasteiger partial charge in [0.1, 0.15) is 0 Å². The Morgan fingerprint density at radius 1 is 1.24 bits per heavy atom. The van der Waals surface area contributed by atoms with Crippen molar-refractivity contribution in [3.63, 3.8) is 0 Å². The third kappa shape index (κ3) is 3.33. The van der Waals surface area contributed by atoms with Crippen molar-refractivity contribution in [2.75, 3.05) is 20.8 Å². The first-order valence-electron chi connectivity index (χ1n) is 5.41. The fourth-order valence-electron chi connectivity index (χ4n) is 1.66. The number of nitrogens with two attached hydrogens (primary N) is 1. The maximum atomic E-state index is 10.0. The summed E-state index contributed by atoms with van der Waals surface area (Å²) in [4.78, 5) is 0. The van der Waals surface area contributed by atoms with Gasteiger partial charge in [-0.15, -0.1) is 0 Å². The zero-order valence-corrected chi connectivity index (χ0v) is 10.1. The zero-order valence-electron chi connectivity index (χ0n) is 10.1. The first kappa shape index (κ1) is 13.8. The van der Waals surface area contributed by atoms with E-state index < -0.39 is 12.2 Å². The van der Waals surface area contributed by atoms with E-state index in [0.29, 0.717) is 17.1 Å². The standard InChI is InChI=1S/C12H19NO4/c1-16-11-5-3-4-9(12(11)17-2)10(15)6-8(14)7-13/h3-5,8,10,14-15H,6-7,13H2,1-2H3. The van der Waals surface area contributed by atoms with Crippen LogP contribution in [0.5, 0.6) is 11.5 Å². The monoisotopic (exact) mass is 241 g/mol. The minimum Gasteiger partial charge on any atom is -0.493 e. The lowest BCUT2D eigenvalue weighted by Crippen LogP contribution is -2.22. The molecule has 0 spiro atoms. The molecule has 0 aliphatic heterocycles. The highest BCUT2D eigenvalue weighted by Crippen LogP contribution is 2.35. The van der Waals surface area contributed by atoms with Gasteiger partial charge >= 0.3 is 0 Å². The van der Waals surface area contributed by atoms with Crippen LogP contribution in [0.4, 0.5) is 0 Å². The Morgan fingerprint density at radius 3 is 2.47 bits per heavy atom. The van der Waals surface area contributed by atoms with E-state index in [2.05, 4.69) is 0 Å². The van der Waals surface area contributed by atoms with Gasteiger partial charge in [0, 0.05) is 18.5 Å². The normalized spacial score (nSPS) is 14.2. The van der Waals surface area contributed by atoms with Crippen molar-refractivity contribution in [2.24, 2.45) is 5.73 Å². The summed E-state index contributed by atoms with van der Waals surface area (Å²) >= 11 is 0. The quantitative estimate of drug-likeness (QED) is 0.673. The molecule has 0 aliphatic rings. The molecule has 5 heteroatoms. The SMILES string of the molecule is COc1cccc(C(O)CC(O)CN)c1OC. The molecule has 0 amide bonds. The molecule has 0 fully saturated rings. The summed E-state index contributed by atoms with van der Waals surface area (Å²) in [5.41, 5.74) is 5.89. The summed E-state index contributed by atoms with van der Waals surface area (Å²) < 4.78 is 10.3. The molecule has 0 radical (unpaired) electrons. The van der Waals surface area contributed by atoms with Crippen LogP contribution in [0.15, 0.2) is 18.2 Å². The summed E-state index contributed by atoms with van der Waals surface area (Å²) in [5, 5.41) is 19.4. The van der Waals surface area contributed by atoms with Crippen LogP contribution in [0.25, 0.3) is 0 Å². The molecule has 2 unspecified atom stereocenters. The first-order valence-corrected chi connectivity index (χ1v) is 5.41. The van der Waals surface area contributed by atoms with Crippen LogP contribution in [0, 0.1) is 0 Å². The molecule has 96 valence electrons. The Balaban J connectivity index is 2.96. The smallest absolute Gasteiger partial charge is 0.166 e. The second-order valence-electron chi connectivity index (χ2n) is 3.72. The van der Waals surface area contributed by atoms with Crippen molar-refractivity contribution >= 4 is 0 Å². The van der Waals surface area contributed by atoms with Gasteiger partial charge in [0.25, 0.3) is 0 Å². The van der Waals surface area contributed by atoms with Crippen LogP contribution in [-0.2, 0) is 0 Å². The average molecular weight is 241 g/mol. The predicted octanol–water partition coefficient (Wildman–Crippen LogP) is 0.447. The molecular weight excluding hydrogens is 222 g/mol. The van der Waals surface area contributed by atoms with Gasteiger partial charge in [-0.1, -0.05) is 12.1 Å². The third-order valence-electron chi connectivity index (χ3n) is 2.56. The third-order valence-corrected chi connectivity index (χ3v) is 2.56.